The van der Waals surface area contributed by atoms with Gasteiger partial charge in [0.15, 0.2) is 19.6 Å². The minimum absolute atomic E-state index is 0.0906. The maximum atomic E-state index is 10.5. The first kappa shape index (κ1) is 11.0. The number of ether oxygens (including phenoxy) is 1. The third-order valence-corrected chi connectivity index (χ3v) is 2.57. The normalized spacial score (nSPS) is 22.6. The Labute approximate surface area is 95.9 Å². The summed E-state index contributed by atoms with van der Waals surface area (Å²) in [5.41, 5.74) is 2.15. The smallest absolute Gasteiger partial charge is 0.200 e. The van der Waals surface area contributed by atoms with Crippen molar-refractivity contribution in [3.8, 4) is 0 Å². The Balaban J connectivity index is 1.91. The fourth-order valence-electron chi connectivity index (χ4n) is 1.85. The van der Waals surface area contributed by atoms with Gasteiger partial charge in [0.25, 0.3) is 0 Å². The molecular weight excluding hydrogens is 203 g/mol. The molecule has 1 atom stereocenters. The molecule has 2 rings (SSSR count). The van der Waals surface area contributed by atoms with Gasteiger partial charge in [0.05, 0.1) is 5.70 Å². The van der Waals surface area contributed by atoms with Crippen molar-refractivity contribution in [2.24, 2.45) is 4.99 Å². The molecule has 1 amide bonds. The van der Waals surface area contributed by atoms with Crippen LogP contribution in [-0.4, -0.2) is 32.2 Å². The first-order chi connectivity index (χ1) is 7.65. The van der Waals surface area contributed by atoms with Gasteiger partial charge < -0.3 is 10.1 Å². The number of amides is 1. The van der Waals surface area contributed by atoms with Crippen molar-refractivity contribution >= 4 is 19.6 Å². The van der Waals surface area contributed by atoms with Crippen LogP contribution in [-0.2, 0) is 4.74 Å². The van der Waals surface area contributed by atoms with E-state index in [2.05, 4.69) is 16.4 Å². The monoisotopic (exact) mass is 216 g/mol. The fraction of sp³-hybridized carbons (Fsp3) is 0.455. The van der Waals surface area contributed by atoms with E-state index >= 15 is 0 Å². The van der Waals surface area contributed by atoms with Gasteiger partial charge in [-0.25, -0.2) is 4.99 Å². The zero-order chi connectivity index (χ0) is 11.5. The molecule has 5 heteroatoms. The molecule has 0 saturated heterocycles. The standard InChI is InChI=1S/C11H13BN2O2/c1-7-14-9-6-8(2-3-10(9)16-7)4-5-13-11(12)15/h2,6,10H,3-5H2,1H3,(H,13,15). The molecule has 0 saturated carbocycles. The number of carbonyl (C=O) groups excluding carboxylic acids is 1. The van der Waals surface area contributed by atoms with E-state index in [-0.39, 0.29) is 6.10 Å². The highest BCUT2D eigenvalue weighted by molar-refractivity contribution is 6.57. The van der Waals surface area contributed by atoms with E-state index in [1.165, 1.54) is 5.57 Å². The van der Waals surface area contributed by atoms with E-state index in [1.54, 1.807) is 0 Å². The van der Waals surface area contributed by atoms with E-state index in [0.717, 1.165) is 24.4 Å². The summed E-state index contributed by atoms with van der Waals surface area (Å²) < 4.78 is 5.50. The van der Waals surface area contributed by atoms with Crippen LogP contribution in [0.2, 0.25) is 0 Å². The van der Waals surface area contributed by atoms with E-state index < -0.39 is 5.81 Å². The summed E-state index contributed by atoms with van der Waals surface area (Å²) in [5.74, 6) is 0.237. The third-order valence-electron chi connectivity index (χ3n) is 2.57. The average molecular weight is 216 g/mol. The summed E-state index contributed by atoms with van der Waals surface area (Å²) in [5, 5.41) is 2.56. The van der Waals surface area contributed by atoms with Crippen LogP contribution in [0.4, 0.5) is 4.79 Å². The van der Waals surface area contributed by atoms with Crippen LogP contribution in [0.15, 0.2) is 28.4 Å². The van der Waals surface area contributed by atoms with Crippen LogP contribution in [0.5, 0.6) is 0 Å². The first-order valence-electron chi connectivity index (χ1n) is 5.31. The third kappa shape index (κ3) is 2.54. The molecule has 0 aromatic heterocycles. The van der Waals surface area contributed by atoms with Crippen LogP contribution in [0, 0.1) is 0 Å². The van der Waals surface area contributed by atoms with Gasteiger partial charge in [-0.05, 0) is 18.1 Å². The zero-order valence-corrected chi connectivity index (χ0v) is 9.19. The van der Waals surface area contributed by atoms with Gasteiger partial charge in [-0.3, -0.25) is 4.79 Å². The molecule has 1 N–H and O–H groups in total. The van der Waals surface area contributed by atoms with Crippen molar-refractivity contribution in [3.63, 3.8) is 0 Å². The molecule has 2 aliphatic rings. The van der Waals surface area contributed by atoms with Gasteiger partial charge in [-0.15, -0.1) is 0 Å². The molecule has 1 unspecified atom stereocenters. The quantitative estimate of drug-likeness (QED) is 0.722. The molecule has 82 valence electrons. The Hall–Kier alpha value is -1.52. The van der Waals surface area contributed by atoms with Gasteiger partial charge in [0.1, 0.15) is 6.10 Å². The molecule has 0 fully saturated rings. The number of hydrogen-bond donors (Lipinski definition) is 1. The highest BCUT2D eigenvalue weighted by Crippen LogP contribution is 2.27. The maximum absolute atomic E-state index is 10.5. The van der Waals surface area contributed by atoms with E-state index in [4.69, 9.17) is 12.6 Å². The number of rotatable bonds is 3. The maximum Gasteiger partial charge on any atom is 0.200 e. The minimum atomic E-state index is -0.486. The summed E-state index contributed by atoms with van der Waals surface area (Å²) in [6, 6.07) is 0. The second-order valence-electron chi connectivity index (χ2n) is 3.86. The summed E-state index contributed by atoms with van der Waals surface area (Å²) in [4.78, 5) is 14.8. The van der Waals surface area contributed by atoms with Crippen LogP contribution in [0.3, 0.4) is 0 Å². The topological polar surface area (TPSA) is 50.7 Å². The average Bonchev–Trinajstić information content (AvgIpc) is 2.56. The second-order valence-corrected chi connectivity index (χ2v) is 3.86. The van der Waals surface area contributed by atoms with E-state index in [1.807, 2.05) is 13.0 Å². The molecule has 16 heavy (non-hydrogen) atoms. The van der Waals surface area contributed by atoms with Gasteiger partial charge in [-0.2, -0.15) is 0 Å². The lowest BCUT2D eigenvalue weighted by molar-refractivity contribution is 0.244. The van der Waals surface area contributed by atoms with Crippen molar-refractivity contribution in [1.29, 1.82) is 0 Å². The lowest BCUT2D eigenvalue weighted by Crippen LogP contribution is -2.23. The highest BCUT2D eigenvalue weighted by Gasteiger charge is 2.24. The molecule has 1 aliphatic heterocycles. The largest absolute Gasteiger partial charge is 0.471 e. The van der Waals surface area contributed by atoms with Crippen molar-refractivity contribution in [2.75, 3.05) is 6.54 Å². The van der Waals surface area contributed by atoms with Crippen LogP contribution < -0.4 is 5.32 Å². The Morgan fingerprint density at radius 2 is 2.56 bits per heavy atom. The Morgan fingerprint density at radius 3 is 3.31 bits per heavy atom. The van der Waals surface area contributed by atoms with Crippen LogP contribution in [0.1, 0.15) is 19.8 Å². The lowest BCUT2D eigenvalue weighted by atomic mass is 10.00. The molecule has 0 spiro atoms. The molecule has 4 nitrogen and oxygen atoms in total. The molecule has 1 aliphatic carbocycles. The van der Waals surface area contributed by atoms with E-state index in [0.29, 0.717) is 6.54 Å². The van der Waals surface area contributed by atoms with Gasteiger partial charge >= 0.3 is 0 Å². The minimum Gasteiger partial charge on any atom is -0.471 e. The van der Waals surface area contributed by atoms with Crippen molar-refractivity contribution < 1.29 is 9.53 Å². The number of nitrogens with one attached hydrogen (secondary N) is 1. The van der Waals surface area contributed by atoms with Crippen molar-refractivity contribution in [2.45, 2.75) is 25.9 Å². The Bertz CT molecular complexity index is 399. The van der Waals surface area contributed by atoms with Crippen LogP contribution >= 0.6 is 0 Å². The van der Waals surface area contributed by atoms with Crippen molar-refractivity contribution in [3.05, 3.63) is 23.4 Å². The summed E-state index contributed by atoms with van der Waals surface area (Å²) >= 11 is 0. The molecular formula is C11H13BN2O2. The number of nitrogens with zero attached hydrogens (tertiary/aromatic N) is 1. The SMILES string of the molecule is [B]C(=O)NCCC1=CCC2OC(C)=NC2=C1. The summed E-state index contributed by atoms with van der Waals surface area (Å²) in [6.07, 6.45) is 5.85. The Morgan fingerprint density at radius 1 is 1.75 bits per heavy atom. The lowest BCUT2D eigenvalue weighted by Gasteiger charge is -2.15. The molecule has 1 heterocycles. The first-order valence-corrected chi connectivity index (χ1v) is 5.31. The summed E-state index contributed by atoms with van der Waals surface area (Å²) in [6.45, 7) is 2.41. The molecule has 0 aromatic rings. The predicted octanol–water partition coefficient (Wildman–Crippen LogP) is 1.29. The number of allylic oxidation sites excluding steroid dienone is 1. The summed E-state index contributed by atoms with van der Waals surface area (Å²) in [7, 11) is 4.99. The molecule has 2 radical (unpaired) electrons. The van der Waals surface area contributed by atoms with Gasteiger partial charge in [0, 0.05) is 19.9 Å². The highest BCUT2D eigenvalue weighted by atomic mass is 16.5. The fourth-order valence-corrected chi connectivity index (χ4v) is 1.85. The molecule has 0 bridgehead atoms. The zero-order valence-electron chi connectivity index (χ0n) is 9.19. The van der Waals surface area contributed by atoms with Crippen molar-refractivity contribution in [1.82, 2.24) is 5.32 Å². The van der Waals surface area contributed by atoms with Gasteiger partial charge in [0.2, 0.25) is 0 Å². The Kier molecular flexibility index (Phi) is 3.13. The number of hydrogen-bond acceptors (Lipinski definition) is 3. The number of aliphatic imine (C=N–C) groups is 1. The second kappa shape index (κ2) is 4.55. The van der Waals surface area contributed by atoms with E-state index in [9.17, 15) is 4.79 Å². The number of fused-ring (bicyclic) bond motifs is 1. The van der Waals surface area contributed by atoms with Crippen LogP contribution in [0.25, 0.3) is 0 Å². The number of carbonyl (C=O) groups is 1. The molecule has 0 aromatic carbocycles. The van der Waals surface area contributed by atoms with Gasteiger partial charge in [-0.1, -0.05) is 6.08 Å². The predicted molar refractivity (Wildman–Crippen MR) is 62.5 cm³/mol.